The van der Waals surface area contributed by atoms with Gasteiger partial charge in [0.15, 0.2) is 4.80 Å². The van der Waals surface area contributed by atoms with Gasteiger partial charge in [-0.3, -0.25) is 9.59 Å². The van der Waals surface area contributed by atoms with Gasteiger partial charge in [0.2, 0.25) is 5.91 Å². The minimum atomic E-state index is -0.272. The SMILES string of the molecule is C#CCn1c(=NC(=O)CSCC(=O)N2CCOCC2)sc2cc(Br)ccc21. The normalized spacial score (nSPS) is 15.1. The van der Waals surface area contributed by atoms with Crippen molar-refractivity contribution in [1.29, 1.82) is 0 Å². The van der Waals surface area contributed by atoms with E-state index in [-0.39, 0.29) is 23.3 Å². The number of hydrogen-bond donors (Lipinski definition) is 0. The number of amides is 2. The minimum Gasteiger partial charge on any atom is -0.378 e. The summed E-state index contributed by atoms with van der Waals surface area (Å²) in [7, 11) is 0. The second-order valence-electron chi connectivity index (χ2n) is 5.78. The highest BCUT2D eigenvalue weighted by molar-refractivity contribution is 9.10. The van der Waals surface area contributed by atoms with Gasteiger partial charge in [-0.05, 0) is 18.2 Å². The van der Waals surface area contributed by atoms with E-state index in [2.05, 4.69) is 26.8 Å². The molecule has 0 saturated carbocycles. The van der Waals surface area contributed by atoms with Crippen LogP contribution in [0.4, 0.5) is 0 Å². The second kappa shape index (κ2) is 9.55. The van der Waals surface area contributed by atoms with Crippen molar-refractivity contribution in [2.24, 2.45) is 4.99 Å². The molecule has 0 unspecified atom stereocenters. The number of rotatable bonds is 5. The third kappa shape index (κ3) is 5.23. The summed E-state index contributed by atoms with van der Waals surface area (Å²) in [4.78, 5) is 30.9. The maximum atomic E-state index is 12.3. The van der Waals surface area contributed by atoms with Gasteiger partial charge in [-0.15, -0.1) is 18.2 Å². The molecule has 2 amide bonds. The van der Waals surface area contributed by atoms with E-state index in [0.717, 1.165) is 14.7 Å². The summed E-state index contributed by atoms with van der Waals surface area (Å²) in [6.07, 6.45) is 5.47. The lowest BCUT2D eigenvalue weighted by atomic mass is 10.3. The van der Waals surface area contributed by atoms with Crippen LogP contribution in [-0.2, 0) is 20.9 Å². The fourth-order valence-electron chi connectivity index (χ4n) is 2.65. The molecule has 0 atom stereocenters. The summed E-state index contributed by atoms with van der Waals surface area (Å²) in [5.74, 6) is 2.79. The van der Waals surface area contributed by atoms with Gasteiger partial charge >= 0.3 is 0 Å². The lowest BCUT2D eigenvalue weighted by Crippen LogP contribution is -2.41. The Morgan fingerprint density at radius 3 is 2.85 bits per heavy atom. The molecule has 1 saturated heterocycles. The number of thiazole rings is 1. The number of carbonyl (C=O) groups is 2. The maximum absolute atomic E-state index is 12.3. The predicted octanol–water partition coefficient (Wildman–Crippen LogP) is 2.12. The van der Waals surface area contributed by atoms with Crippen molar-refractivity contribution in [2.75, 3.05) is 37.8 Å². The summed E-state index contributed by atoms with van der Waals surface area (Å²) < 4.78 is 9.05. The van der Waals surface area contributed by atoms with Crippen LogP contribution in [0.5, 0.6) is 0 Å². The lowest BCUT2D eigenvalue weighted by molar-refractivity contribution is -0.132. The first-order chi connectivity index (χ1) is 13.1. The first-order valence-electron chi connectivity index (χ1n) is 8.31. The van der Waals surface area contributed by atoms with E-state index < -0.39 is 0 Å². The maximum Gasteiger partial charge on any atom is 0.258 e. The monoisotopic (exact) mass is 467 g/mol. The largest absolute Gasteiger partial charge is 0.378 e. The molecule has 1 aliphatic heterocycles. The minimum absolute atomic E-state index is 0.0326. The van der Waals surface area contributed by atoms with E-state index >= 15 is 0 Å². The van der Waals surface area contributed by atoms with Crippen molar-refractivity contribution in [3.05, 3.63) is 27.5 Å². The first-order valence-corrected chi connectivity index (χ1v) is 11.1. The molecule has 1 aliphatic rings. The van der Waals surface area contributed by atoms with Crippen LogP contribution in [-0.4, -0.2) is 59.1 Å². The number of thioether (sulfide) groups is 1. The Morgan fingerprint density at radius 1 is 1.33 bits per heavy atom. The molecule has 0 bridgehead atoms. The topological polar surface area (TPSA) is 63.9 Å². The molecule has 3 rings (SSSR count). The zero-order valence-electron chi connectivity index (χ0n) is 14.5. The van der Waals surface area contributed by atoms with E-state index in [1.54, 1.807) is 4.90 Å². The Morgan fingerprint density at radius 2 is 2.11 bits per heavy atom. The molecule has 9 heteroatoms. The Hall–Kier alpha value is -1.60. The number of nitrogens with zero attached hydrogens (tertiary/aromatic N) is 3. The number of aromatic nitrogens is 1. The Kier molecular flexibility index (Phi) is 7.13. The van der Waals surface area contributed by atoms with Gasteiger partial charge in [0.1, 0.15) is 0 Å². The zero-order valence-corrected chi connectivity index (χ0v) is 17.7. The molecule has 1 aromatic carbocycles. The van der Waals surface area contributed by atoms with Crippen LogP contribution in [0, 0.1) is 12.3 Å². The van der Waals surface area contributed by atoms with Gasteiger partial charge in [0.05, 0.1) is 41.5 Å². The number of terminal acetylenes is 1. The van der Waals surface area contributed by atoms with Gasteiger partial charge in [-0.25, -0.2) is 0 Å². The van der Waals surface area contributed by atoms with Gasteiger partial charge in [0, 0.05) is 17.6 Å². The molecule has 27 heavy (non-hydrogen) atoms. The Labute approximate surface area is 173 Å². The van der Waals surface area contributed by atoms with Gasteiger partial charge in [-0.1, -0.05) is 33.2 Å². The molecule has 1 fully saturated rings. The highest BCUT2D eigenvalue weighted by Gasteiger charge is 2.17. The van der Waals surface area contributed by atoms with Gasteiger partial charge in [-0.2, -0.15) is 4.99 Å². The first kappa shape index (κ1) is 20.1. The lowest BCUT2D eigenvalue weighted by Gasteiger charge is -2.26. The Balaban J connectivity index is 1.67. The third-order valence-corrected chi connectivity index (χ3v) is 6.37. The number of fused-ring (bicyclic) bond motifs is 1. The van der Waals surface area contributed by atoms with Gasteiger partial charge in [0.25, 0.3) is 5.91 Å². The number of ether oxygens (including phenoxy) is 1. The third-order valence-electron chi connectivity index (χ3n) is 3.93. The molecule has 1 aromatic heterocycles. The van der Waals surface area contributed by atoms with Crippen molar-refractivity contribution in [1.82, 2.24) is 9.47 Å². The number of morpholine rings is 1. The zero-order chi connectivity index (χ0) is 19.2. The highest BCUT2D eigenvalue weighted by atomic mass is 79.9. The second-order valence-corrected chi connectivity index (χ2v) is 8.69. The van der Waals surface area contributed by atoms with Gasteiger partial charge < -0.3 is 14.2 Å². The molecule has 2 heterocycles. The summed E-state index contributed by atoms with van der Waals surface area (Å²) in [5.41, 5.74) is 0.947. The smallest absolute Gasteiger partial charge is 0.258 e. The fourth-order valence-corrected chi connectivity index (χ4v) is 4.94. The highest BCUT2D eigenvalue weighted by Crippen LogP contribution is 2.22. The molecule has 0 spiro atoms. The molecule has 0 radical (unpaired) electrons. The summed E-state index contributed by atoms with van der Waals surface area (Å²) in [6.45, 7) is 2.71. The molecule has 0 N–H and O–H groups in total. The van der Waals surface area contributed by atoms with Crippen LogP contribution in [0.2, 0.25) is 0 Å². The van der Waals surface area contributed by atoms with E-state index in [1.807, 2.05) is 22.8 Å². The van der Waals surface area contributed by atoms with Crippen molar-refractivity contribution < 1.29 is 14.3 Å². The van der Waals surface area contributed by atoms with Crippen molar-refractivity contribution >= 4 is 61.1 Å². The van der Waals surface area contributed by atoms with Crippen LogP contribution in [0.3, 0.4) is 0 Å². The van der Waals surface area contributed by atoms with E-state index in [9.17, 15) is 9.59 Å². The van der Waals surface area contributed by atoms with E-state index in [1.165, 1.54) is 23.1 Å². The average molecular weight is 468 g/mol. The molecule has 2 aromatic rings. The summed E-state index contributed by atoms with van der Waals surface area (Å²) in [6, 6.07) is 5.86. The van der Waals surface area contributed by atoms with Crippen molar-refractivity contribution in [2.45, 2.75) is 6.54 Å². The van der Waals surface area contributed by atoms with Crippen LogP contribution >= 0.6 is 39.0 Å². The van der Waals surface area contributed by atoms with E-state index in [4.69, 9.17) is 11.2 Å². The quantitative estimate of drug-likeness (QED) is 0.631. The molecule has 0 aliphatic carbocycles. The predicted molar refractivity (Wildman–Crippen MR) is 112 cm³/mol. The van der Waals surface area contributed by atoms with Crippen LogP contribution in [0.15, 0.2) is 27.7 Å². The van der Waals surface area contributed by atoms with Crippen molar-refractivity contribution in [3.8, 4) is 12.3 Å². The van der Waals surface area contributed by atoms with Crippen LogP contribution < -0.4 is 4.80 Å². The molecule has 142 valence electrons. The van der Waals surface area contributed by atoms with Crippen LogP contribution in [0.1, 0.15) is 0 Å². The number of hydrogen-bond acceptors (Lipinski definition) is 5. The van der Waals surface area contributed by atoms with Crippen molar-refractivity contribution in [3.63, 3.8) is 0 Å². The number of carbonyl (C=O) groups excluding carboxylic acids is 2. The number of benzene rings is 1. The molecular formula is C18H18BrN3O3S2. The Bertz CT molecular complexity index is 955. The van der Waals surface area contributed by atoms with E-state index in [0.29, 0.717) is 37.6 Å². The number of halogens is 1. The molecular weight excluding hydrogens is 450 g/mol. The van der Waals surface area contributed by atoms with Crippen LogP contribution in [0.25, 0.3) is 10.2 Å². The standard InChI is InChI=1S/C18H18BrN3O3S2/c1-2-5-22-14-4-3-13(19)10-15(14)27-18(22)20-16(23)11-26-12-17(24)21-6-8-25-9-7-21/h1,3-4,10H,5-9,11-12H2. The molecule has 6 nitrogen and oxygen atoms in total. The average Bonchev–Trinajstić information content (AvgIpc) is 2.98. The fraction of sp³-hybridized carbons (Fsp3) is 0.389. The summed E-state index contributed by atoms with van der Waals surface area (Å²) in [5, 5.41) is 0. The summed E-state index contributed by atoms with van der Waals surface area (Å²) >= 11 is 6.15.